The summed E-state index contributed by atoms with van der Waals surface area (Å²) in [6.07, 6.45) is -4.49. The minimum Gasteiger partial charge on any atom is -0.497 e. The van der Waals surface area contributed by atoms with Gasteiger partial charge in [-0.1, -0.05) is 41.3 Å². The Bertz CT molecular complexity index is 1460. The summed E-state index contributed by atoms with van der Waals surface area (Å²) in [7, 11) is 1.54. The lowest BCUT2D eigenvalue weighted by molar-refractivity contribution is -0.137. The molecule has 0 fully saturated rings. The number of aromatic nitrogens is 5. The molecule has 0 saturated carbocycles. The molecule has 0 aliphatic heterocycles. The zero-order valence-electron chi connectivity index (χ0n) is 20.7. The van der Waals surface area contributed by atoms with E-state index in [0.717, 1.165) is 29.5 Å². The summed E-state index contributed by atoms with van der Waals surface area (Å²) in [5.41, 5.74) is 0.0286. The first-order chi connectivity index (χ1) is 18.6. The van der Waals surface area contributed by atoms with Gasteiger partial charge in [0.2, 0.25) is 16.9 Å². The number of alkyl halides is 3. The highest BCUT2D eigenvalue weighted by atomic mass is 32.2. The molecule has 0 radical (unpaired) electrons. The van der Waals surface area contributed by atoms with E-state index in [9.17, 15) is 22.8 Å². The second-order valence-corrected chi connectivity index (χ2v) is 10.2. The van der Waals surface area contributed by atoms with Gasteiger partial charge in [-0.05, 0) is 42.8 Å². The number of halogens is 3. The molecule has 39 heavy (non-hydrogen) atoms. The Balaban J connectivity index is 1.51. The zero-order chi connectivity index (χ0) is 28.0. The second kappa shape index (κ2) is 12.3. The summed E-state index contributed by atoms with van der Waals surface area (Å²) in [5.74, 6) is 0.0221. The maximum absolute atomic E-state index is 13.4. The molecule has 2 aromatic carbocycles. The van der Waals surface area contributed by atoms with E-state index in [1.807, 2.05) is 0 Å². The van der Waals surface area contributed by atoms with Crippen LogP contribution in [-0.4, -0.2) is 49.6 Å². The number of carbonyl (C=O) groups is 2. The number of amides is 2. The minimum absolute atomic E-state index is 0.0779. The van der Waals surface area contributed by atoms with Crippen molar-refractivity contribution in [2.24, 2.45) is 0 Å². The predicted octanol–water partition coefficient (Wildman–Crippen LogP) is 4.04. The number of nitrogens with zero attached hydrogens (tertiary/aromatic N) is 5. The van der Waals surface area contributed by atoms with E-state index in [1.54, 1.807) is 38.3 Å². The first kappa shape index (κ1) is 28.0. The van der Waals surface area contributed by atoms with Crippen LogP contribution in [0, 0.1) is 6.92 Å². The smallest absolute Gasteiger partial charge is 0.416 e. The molecule has 4 aromatic rings. The first-order valence-corrected chi connectivity index (χ1v) is 13.2. The molecular formula is C24H22F3N7O3S2. The summed E-state index contributed by atoms with van der Waals surface area (Å²) in [6.45, 7) is 1.64. The van der Waals surface area contributed by atoms with Crippen LogP contribution < -0.4 is 15.4 Å². The lowest BCUT2D eigenvalue weighted by Crippen LogP contribution is -2.26. The molecular weight excluding hydrogens is 555 g/mol. The van der Waals surface area contributed by atoms with Crippen LogP contribution >= 0.6 is 23.1 Å². The summed E-state index contributed by atoms with van der Waals surface area (Å²) >= 11 is 2.19. The lowest BCUT2D eigenvalue weighted by Gasteiger charge is -2.13. The molecule has 0 bridgehead atoms. The van der Waals surface area contributed by atoms with Crippen LogP contribution in [-0.2, 0) is 28.7 Å². The van der Waals surface area contributed by atoms with E-state index in [-0.39, 0.29) is 41.3 Å². The van der Waals surface area contributed by atoms with Gasteiger partial charge >= 0.3 is 6.18 Å². The highest BCUT2D eigenvalue weighted by molar-refractivity contribution is 7.99. The van der Waals surface area contributed by atoms with Crippen molar-refractivity contribution in [3.05, 3.63) is 70.5 Å². The van der Waals surface area contributed by atoms with Gasteiger partial charge < -0.3 is 10.1 Å². The van der Waals surface area contributed by atoms with Gasteiger partial charge in [0.1, 0.15) is 10.8 Å². The van der Waals surface area contributed by atoms with Crippen molar-refractivity contribution in [1.29, 1.82) is 0 Å². The third kappa shape index (κ3) is 7.54. The molecule has 10 nitrogen and oxygen atoms in total. The van der Waals surface area contributed by atoms with Crippen molar-refractivity contribution >= 4 is 40.0 Å². The molecule has 2 N–H and O–H groups in total. The highest BCUT2D eigenvalue weighted by Crippen LogP contribution is 2.32. The monoisotopic (exact) mass is 577 g/mol. The summed E-state index contributed by atoms with van der Waals surface area (Å²) in [5, 5.41) is 22.3. The number of ether oxygens (including phenoxy) is 1. The fourth-order valence-electron chi connectivity index (χ4n) is 3.39. The van der Waals surface area contributed by atoms with Crippen molar-refractivity contribution in [3.8, 4) is 11.4 Å². The van der Waals surface area contributed by atoms with Crippen LogP contribution in [0.1, 0.15) is 22.0 Å². The van der Waals surface area contributed by atoms with Gasteiger partial charge in [0, 0.05) is 0 Å². The van der Waals surface area contributed by atoms with E-state index < -0.39 is 17.6 Å². The van der Waals surface area contributed by atoms with Crippen LogP contribution in [0.5, 0.6) is 5.75 Å². The largest absolute Gasteiger partial charge is 0.497 e. The van der Waals surface area contributed by atoms with Gasteiger partial charge in [-0.3, -0.25) is 19.5 Å². The highest BCUT2D eigenvalue weighted by Gasteiger charge is 2.31. The Morgan fingerprint density at radius 3 is 2.49 bits per heavy atom. The second-order valence-electron chi connectivity index (χ2n) is 8.05. The number of thioether (sulfide) groups is 1. The Morgan fingerprint density at radius 2 is 1.82 bits per heavy atom. The van der Waals surface area contributed by atoms with Crippen molar-refractivity contribution in [2.75, 3.05) is 18.2 Å². The third-order valence-electron chi connectivity index (χ3n) is 5.20. The molecule has 2 aromatic heterocycles. The average molecular weight is 578 g/mol. The van der Waals surface area contributed by atoms with E-state index in [2.05, 4.69) is 31.0 Å². The zero-order valence-corrected chi connectivity index (χ0v) is 22.3. The van der Waals surface area contributed by atoms with Crippen LogP contribution in [0.3, 0.4) is 0 Å². The molecule has 4 rings (SSSR count). The number of carbonyl (C=O) groups excluding carboxylic acids is 2. The Labute approximate surface area is 229 Å². The van der Waals surface area contributed by atoms with Gasteiger partial charge in [0.15, 0.2) is 11.0 Å². The lowest BCUT2D eigenvalue weighted by atomic mass is 10.1. The Hall–Kier alpha value is -3.98. The molecule has 0 aliphatic carbocycles. The van der Waals surface area contributed by atoms with Gasteiger partial charge in [-0.25, -0.2) is 0 Å². The SMILES string of the molecule is COc1ccc(CC(=O)NCc2nnc(SCC(=O)Nc3nnc(C)s3)n2-c2cccc(C(F)(F)F)c2)cc1. The normalized spacial score (nSPS) is 11.3. The van der Waals surface area contributed by atoms with Gasteiger partial charge in [-0.15, -0.1) is 20.4 Å². The van der Waals surface area contributed by atoms with Crippen molar-refractivity contribution in [1.82, 2.24) is 30.3 Å². The fraction of sp³-hybridized carbons (Fsp3) is 0.250. The maximum Gasteiger partial charge on any atom is 0.416 e. The Morgan fingerprint density at radius 1 is 1.05 bits per heavy atom. The molecule has 2 heterocycles. The number of nitrogens with one attached hydrogen (secondary N) is 2. The third-order valence-corrected chi connectivity index (χ3v) is 6.89. The number of hydrogen-bond donors (Lipinski definition) is 2. The number of benzene rings is 2. The maximum atomic E-state index is 13.4. The molecule has 0 unspecified atom stereocenters. The van der Waals surface area contributed by atoms with Crippen LogP contribution in [0.25, 0.3) is 5.69 Å². The molecule has 0 spiro atoms. The van der Waals surface area contributed by atoms with Gasteiger partial charge in [-0.2, -0.15) is 13.2 Å². The average Bonchev–Trinajstić information content (AvgIpc) is 3.51. The molecule has 0 saturated heterocycles. The number of rotatable bonds is 10. The predicted molar refractivity (Wildman–Crippen MR) is 139 cm³/mol. The molecule has 15 heteroatoms. The quantitative estimate of drug-likeness (QED) is 0.271. The topological polar surface area (TPSA) is 124 Å². The summed E-state index contributed by atoms with van der Waals surface area (Å²) in [6, 6.07) is 11.6. The number of methoxy groups -OCH3 is 1. The Kier molecular flexibility index (Phi) is 8.81. The van der Waals surface area contributed by atoms with Crippen LogP contribution in [0.2, 0.25) is 0 Å². The van der Waals surface area contributed by atoms with Crippen LogP contribution in [0.15, 0.2) is 53.7 Å². The standard InChI is InChI=1S/C24H22F3N7O3S2/c1-14-30-32-22(39-14)29-21(36)13-38-23-33-31-19(34(23)17-5-3-4-16(11-17)24(25,26)27)12-28-20(35)10-15-6-8-18(37-2)9-7-15/h3-9,11H,10,12-13H2,1-2H3,(H,28,35)(H,29,32,36). The van der Waals surface area contributed by atoms with Gasteiger partial charge in [0.25, 0.3) is 0 Å². The summed E-state index contributed by atoms with van der Waals surface area (Å²) < 4.78 is 46.7. The van der Waals surface area contributed by atoms with E-state index in [4.69, 9.17) is 4.74 Å². The molecule has 2 amide bonds. The first-order valence-electron chi connectivity index (χ1n) is 11.4. The number of hydrogen-bond acceptors (Lipinski definition) is 9. The number of anilines is 1. The van der Waals surface area contributed by atoms with Crippen LogP contribution in [0.4, 0.5) is 18.3 Å². The molecule has 0 atom stereocenters. The molecule has 0 aliphatic rings. The minimum atomic E-state index is -4.57. The number of aryl methyl sites for hydroxylation is 1. The van der Waals surface area contributed by atoms with Crippen molar-refractivity contribution in [2.45, 2.75) is 31.2 Å². The molecule has 204 valence electrons. The van der Waals surface area contributed by atoms with E-state index in [0.29, 0.717) is 15.9 Å². The van der Waals surface area contributed by atoms with Gasteiger partial charge in [0.05, 0.1) is 37.1 Å². The van der Waals surface area contributed by atoms with Crippen molar-refractivity contribution < 1.29 is 27.5 Å². The van der Waals surface area contributed by atoms with E-state index in [1.165, 1.54) is 28.0 Å². The summed E-state index contributed by atoms with van der Waals surface area (Å²) in [4.78, 5) is 25.0. The van der Waals surface area contributed by atoms with E-state index >= 15 is 0 Å². The fourth-order valence-corrected chi connectivity index (χ4v) is 4.77. The van der Waals surface area contributed by atoms with Crippen molar-refractivity contribution in [3.63, 3.8) is 0 Å².